The fourth-order valence-electron chi connectivity index (χ4n) is 3.16. The number of esters is 2. The van der Waals surface area contributed by atoms with E-state index in [0.29, 0.717) is 6.42 Å². The van der Waals surface area contributed by atoms with Gasteiger partial charge in [0.25, 0.3) is 0 Å². The summed E-state index contributed by atoms with van der Waals surface area (Å²) < 4.78 is 11.0. The highest BCUT2D eigenvalue weighted by atomic mass is 16.6. The molecule has 0 amide bonds. The fourth-order valence-corrected chi connectivity index (χ4v) is 3.16. The molecule has 1 saturated heterocycles. The second kappa shape index (κ2) is 7.76. The summed E-state index contributed by atoms with van der Waals surface area (Å²) in [4.78, 5) is 24.5. The molecule has 2 rings (SSSR count). The van der Waals surface area contributed by atoms with Crippen LogP contribution in [0.3, 0.4) is 0 Å². The van der Waals surface area contributed by atoms with Gasteiger partial charge in [-0.3, -0.25) is 0 Å². The smallest absolute Gasteiger partial charge is 0.340 e. The van der Waals surface area contributed by atoms with Crippen LogP contribution < -0.4 is 0 Å². The molecular weight excluding hydrogens is 336 g/mol. The molecule has 26 heavy (non-hydrogen) atoms. The first-order valence-corrected chi connectivity index (χ1v) is 8.88. The minimum Gasteiger partial charge on any atom is -0.459 e. The number of hydrogen-bond acceptors (Lipinski definition) is 6. The predicted octanol–water partition coefficient (Wildman–Crippen LogP) is 2.20. The third-order valence-electron chi connectivity index (χ3n) is 5.15. The van der Waals surface area contributed by atoms with E-state index in [4.69, 9.17) is 9.47 Å². The maximum Gasteiger partial charge on any atom is 0.340 e. The van der Waals surface area contributed by atoms with Crippen molar-refractivity contribution in [3.63, 3.8) is 0 Å². The van der Waals surface area contributed by atoms with Crippen LogP contribution in [-0.4, -0.2) is 46.1 Å². The van der Waals surface area contributed by atoms with E-state index in [0.717, 1.165) is 24.0 Å². The SMILES string of the molecule is C=C1C(=O)OC2C=C(C)CCC=C(C)CC(OC(=O)C(C)(O)C(C)O)C12. The van der Waals surface area contributed by atoms with Crippen molar-refractivity contribution >= 4 is 11.9 Å². The number of ether oxygens (including phenoxy) is 2. The highest BCUT2D eigenvalue weighted by Gasteiger charge is 2.46. The van der Waals surface area contributed by atoms with E-state index in [9.17, 15) is 19.8 Å². The quantitative estimate of drug-likeness (QED) is 0.453. The first kappa shape index (κ1) is 20.4. The van der Waals surface area contributed by atoms with Gasteiger partial charge in [-0.15, -0.1) is 0 Å². The second-order valence-electron chi connectivity index (χ2n) is 7.49. The number of allylic oxidation sites excluding steroid dienone is 2. The molecule has 6 heteroatoms. The van der Waals surface area contributed by atoms with Gasteiger partial charge in [0.05, 0.1) is 12.0 Å². The molecule has 2 aliphatic rings. The van der Waals surface area contributed by atoms with Crippen LogP contribution in [0.4, 0.5) is 0 Å². The van der Waals surface area contributed by atoms with Gasteiger partial charge in [-0.05, 0) is 46.6 Å². The summed E-state index contributed by atoms with van der Waals surface area (Å²) in [6, 6.07) is 0. The lowest BCUT2D eigenvalue weighted by Gasteiger charge is -2.31. The normalized spacial score (nSPS) is 30.3. The van der Waals surface area contributed by atoms with Gasteiger partial charge in [-0.25, -0.2) is 9.59 Å². The van der Waals surface area contributed by atoms with Crippen molar-refractivity contribution in [3.8, 4) is 0 Å². The third-order valence-corrected chi connectivity index (χ3v) is 5.15. The molecule has 5 atom stereocenters. The summed E-state index contributed by atoms with van der Waals surface area (Å²) in [6.07, 6.45) is 3.46. The molecule has 144 valence electrons. The Hall–Kier alpha value is -1.92. The highest BCUT2D eigenvalue weighted by Crippen LogP contribution is 2.36. The van der Waals surface area contributed by atoms with Gasteiger partial charge in [0.1, 0.15) is 12.2 Å². The maximum absolute atomic E-state index is 12.5. The van der Waals surface area contributed by atoms with Gasteiger partial charge in [-0.2, -0.15) is 0 Å². The Morgan fingerprint density at radius 3 is 2.69 bits per heavy atom. The fraction of sp³-hybridized carbons (Fsp3) is 0.600. The number of fused-ring (bicyclic) bond motifs is 1. The minimum absolute atomic E-state index is 0.252. The van der Waals surface area contributed by atoms with Crippen LogP contribution in [0.1, 0.15) is 47.0 Å². The Morgan fingerprint density at radius 2 is 2.08 bits per heavy atom. The molecule has 0 aromatic rings. The molecule has 6 nitrogen and oxygen atoms in total. The van der Waals surface area contributed by atoms with Gasteiger partial charge >= 0.3 is 11.9 Å². The van der Waals surface area contributed by atoms with E-state index in [-0.39, 0.29) is 5.57 Å². The largest absolute Gasteiger partial charge is 0.459 e. The summed E-state index contributed by atoms with van der Waals surface area (Å²) in [7, 11) is 0. The van der Waals surface area contributed by atoms with Gasteiger partial charge in [0.2, 0.25) is 0 Å². The first-order valence-electron chi connectivity index (χ1n) is 8.88. The van der Waals surface area contributed by atoms with E-state index in [1.54, 1.807) is 0 Å². The summed E-state index contributed by atoms with van der Waals surface area (Å²) in [5.41, 5.74) is 0.301. The maximum atomic E-state index is 12.5. The summed E-state index contributed by atoms with van der Waals surface area (Å²) in [5.74, 6) is -1.98. The molecule has 0 saturated carbocycles. The van der Waals surface area contributed by atoms with Crippen molar-refractivity contribution in [2.24, 2.45) is 5.92 Å². The van der Waals surface area contributed by atoms with E-state index in [2.05, 4.69) is 12.7 Å². The Kier molecular flexibility index (Phi) is 6.09. The van der Waals surface area contributed by atoms with Crippen LogP contribution >= 0.6 is 0 Å². The Morgan fingerprint density at radius 1 is 1.42 bits per heavy atom. The lowest BCUT2D eigenvalue weighted by atomic mass is 9.85. The van der Waals surface area contributed by atoms with E-state index in [1.807, 2.05) is 19.9 Å². The van der Waals surface area contributed by atoms with Crippen molar-refractivity contribution in [1.29, 1.82) is 0 Å². The van der Waals surface area contributed by atoms with Gasteiger partial charge < -0.3 is 19.7 Å². The molecule has 1 heterocycles. The van der Waals surface area contributed by atoms with Gasteiger partial charge in [0.15, 0.2) is 5.60 Å². The monoisotopic (exact) mass is 364 g/mol. The minimum atomic E-state index is -2.04. The zero-order chi connectivity index (χ0) is 19.6. The second-order valence-corrected chi connectivity index (χ2v) is 7.49. The number of carbonyl (C=O) groups is 2. The lowest BCUT2D eigenvalue weighted by molar-refractivity contribution is -0.182. The first-order chi connectivity index (χ1) is 12.0. The van der Waals surface area contributed by atoms with E-state index >= 15 is 0 Å². The van der Waals surface area contributed by atoms with Crippen molar-refractivity contribution < 1.29 is 29.3 Å². The van der Waals surface area contributed by atoms with Gasteiger partial charge in [0, 0.05) is 12.0 Å². The molecule has 0 aromatic heterocycles. The van der Waals surface area contributed by atoms with Crippen LogP contribution in [0.5, 0.6) is 0 Å². The molecule has 0 spiro atoms. The van der Waals surface area contributed by atoms with Crippen LogP contribution in [0, 0.1) is 5.92 Å². The molecule has 0 radical (unpaired) electrons. The summed E-state index contributed by atoms with van der Waals surface area (Å²) in [5, 5.41) is 19.9. The average molecular weight is 364 g/mol. The zero-order valence-corrected chi connectivity index (χ0v) is 15.8. The highest BCUT2D eigenvalue weighted by molar-refractivity contribution is 5.91. The molecule has 0 aromatic carbocycles. The standard InChI is InChI=1S/C20H28O6/c1-11-7-6-8-12(2)10-16(26-19(23)20(5,24)14(4)21)17-13(3)18(22)25-15(17)9-11/h8-9,14-17,21,24H,3,6-7,10H2,1-2,4-5H3. The van der Waals surface area contributed by atoms with Crippen LogP contribution in [0.15, 0.2) is 35.5 Å². The topological polar surface area (TPSA) is 93.1 Å². The number of aliphatic hydroxyl groups is 2. The molecule has 2 N–H and O–H groups in total. The van der Waals surface area contributed by atoms with E-state index in [1.165, 1.54) is 13.8 Å². The Labute approximate surface area is 154 Å². The van der Waals surface area contributed by atoms with Crippen LogP contribution in [0.25, 0.3) is 0 Å². The Balaban J connectivity index is 2.38. The lowest BCUT2D eigenvalue weighted by Crippen LogP contribution is -2.49. The summed E-state index contributed by atoms with van der Waals surface area (Å²) in [6.45, 7) is 10.2. The molecule has 5 unspecified atom stereocenters. The van der Waals surface area contributed by atoms with Crippen molar-refractivity contribution in [2.75, 3.05) is 0 Å². The number of rotatable bonds is 3. The number of aliphatic hydroxyl groups excluding tert-OH is 1. The molecule has 1 aliphatic carbocycles. The summed E-state index contributed by atoms with van der Waals surface area (Å²) >= 11 is 0. The molecule has 0 bridgehead atoms. The Bertz CT molecular complexity index is 655. The van der Waals surface area contributed by atoms with Crippen molar-refractivity contribution in [3.05, 3.63) is 35.5 Å². The average Bonchev–Trinajstić information content (AvgIpc) is 2.80. The zero-order valence-electron chi connectivity index (χ0n) is 15.8. The van der Waals surface area contributed by atoms with Crippen LogP contribution in [-0.2, 0) is 19.1 Å². The molecule has 1 aliphatic heterocycles. The van der Waals surface area contributed by atoms with Crippen molar-refractivity contribution in [2.45, 2.75) is 70.9 Å². The van der Waals surface area contributed by atoms with E-state index < -0.39 is 41.8 Å². The number of carbonyl (C=O) groups excluding carboxylic acids is 2. The number of hydrogen-bond donors (Lipinski definition) is 2. The predicted molar refractivity (Wildman–Crippen MR) is 96.1 cm³/mol. The van der Waals surface area contributed by atoms with Crippen LogP contribution in [0.2, 0.25) is 0 Å². The molecule has 1 fully saturated rings. The third kappa shape index (κ3) is 4.24. The molecular formula is C20H28O6. The van der Waals surface area contributed by atoms with Gasteiger partial charge in [-0.1, -0.05) is 23.8 Å². The van der Waals surface area contributed by atoms with Crippen molar-refractivity contribution in [1.82, 2.24) is 0 Å².